The Labute approximate surface area is 278 Å². The Bertz CT molecular complexity index is 1710. The quantitative estimate of drug-likeness (QED) is 0.161. The molecule has 4 rings (SSSR count). The number of hydrogen-bond acceptors (Lipinski definition) is 4. The molecule has 4 aromatic carbocycles. The highest BCUT2D eigenvalue weighted by Crippen LogP contribution is 2.29. The molecule has 1 unspecified atom stereocenters. The molecule has 242 valence electrons. The summed E-state index contributed by atoms with van der Waals surface area (Å²) in [6.07, 6.45) is 0.813. The number of sulfonamides is 1. The van der Waals surface area contributed by atoms with Crippen LogP contribution in [0.1, 0.15) is 43.0 Å². The van der Waals surface area contributed by atoms with Gasteiger partial charge in [0, 0.05) is 24.5 Å². The van der Waals surface area contributed by atoms with Gasteiger partial charge < -0.3 is 10.2 Å². The number of anilines is 1. The van der Waals surface area contributed by atoms with E-state index < -0.39 is 28.5 Å². The van der Waals surface area contributed by atoms with Crippen molar-refractivity contribution in [3.8, 4) is 0 Å². The van der Waals surface area contributed by atoms with E-state index in [2.05, 4.69) is 5.32 Å². The minimum atomic E-state index is -4.17. The first kappa shape index (κ1) is 34.7. The van der Waals surface area contributed by atoms with E-state index in [0.29, 0.717) is 23.7 Å². The van der Waals surface area contributed by atoms with E-state index in [4.69, 9.17) is 11.6 Å². The summed E-state index contributed by atoms with van der Waals surface area (Å²) in [5.41, 5.74) is 3.76. The molecule has 2 amide bonds. The van der Waals surface area contributed by atoms with Gasteiger partial charge in [-0.15, -0.1) is 0 Å². The second kappa shape index (κ2) is 15.9. The Hall–Kier alpha value is -4.14. The van der Waals surface area contributed by atoms with Crippen LogP contribution in [0.3, 0.4) is 0 Å². The molecule has 0 aliphatic carbocycles. The van der Waals surface area contributed by atoms with Gasteiger partial charge in [-0.2, -0.15) is 0 Å². The van der Waals surface area contributed by atoms with E-state index in [9.17, 15) is 18.0 Å². The van der Waals surface area contributed by atoms with Gasteiger partial charge in [0.15, 0.2) is 0 Å². The van der Waals surface area contributed by atoms with E-state index in [1.165, 1.54) is 9.21 Å². The van der Waals surface area contributed by atoms with Crippen LogP contribution in [0.25, 0.3) is 0 Å². The van der Waals surface area contributed by atoms with Gasteiger partial charge in [0.1, 0.15) is 12.6 Å². The summed E-state index contributed by atoms with van der Waals surface area (Å²) in [4.78, 5) is 30.1. The number of para-hydroxylation sites is 1. The zero-order valence-corrected chi connectivity index (χ0v) is 28.4. The third-order valence-corrected chi connectivity index (χ3v) is 9.78. The highest BCUT2D eigenvalue weighted by atomic mass is 35.5. The molecule has 0 aromatic heterocycles. The summed E-state index contributed by atoms with van der Waals surface area (Å²) >= 11 is 6.17. The maximum absolute atomic E-state index is 14.6. The van der Waals surface area contributed by atoms with Gasteiger partial charge in [-0.25, -0.2) is 8.42 Å². The van der Waals surface area contributed by atoms with Crippen molar-refractivity contribution in [2.24, 2.45) is 5.92 Å². The van der Waals surface area contributed by atoms with Crippen LogP contribution in [-0.4, -0.2) is 44.3 Å². The fraction of sp³-hybridized carbons (Fsp3) is 0.297. The fourth-order valence-electron chi connectivity index (χ4n) is 5.17. The normalized spacial score (nSPS) is 12.0. The number of halogens is 1. The van der Waals surface area contributed by atoms with Gasteiger partial charge >= 0.3 is 0 Å². The van der Waals surface area contributed by atoms with E-state index in [-0.39, 0.29) is 29.7 Å². The second-order valence-corrected chi connectivity index (χ2v) is 14.1. The molecule has 1 atom stereocenters. The van der Waals surface area contributed by atoms with Crippen LogP contribution in [-0.2, 0) is 39.0 Å². The molecular formula is C37H42ClN3O4S. The SMILES string of the molecule is CCc1ccccc1N(CC(=O)N(Cc1ccc(Cl)cc1)C(Cc1ccccc1)C(=O)NCC(C)C)S(=O)(=O)c1ccc(C)cc1. The van der Waals surface area contributed by atoms with Gasteiger partial charge in [0.05, 0.1) is 10.6 Å². The van der Waals surface area contributed by atoms with Crippen molar-refractivity contribution in [3.63, 3.8) is 0 Å². The topological polar surface area (TPSA) is 86.8 Å². The van der Waals surface area contributed by atoms with Gasteiger partial charge in [-0.1, -0.05) is 111 Å². The van der Waals surface area contributed by atoms with E-state index in [1.807, 2.05) is 70.2 Å². The smallest absolute Gasteiger partial charge is 0.264 e. The van der Waals surface area contributed by atoms with Crippen LogP contribution in [0, 0.1) is 12.8 Å². The Morgan fingerprint density at radius 1 is 0.826 bits per heavy atom. The maximum atomic E-state index is 14.6. The zero-order chi connectivity index (χ0) is 33.3. The number of amides is 2. The summed E-state index contributed by atoms with van der Waals surface area (Å²) in [6.45, 7) is 7.85. The van der Waals surface area contributed by atoms with Crippen LogP contribution < -0.4 is 9.62 Å². The lowest BCUT2D eigenvalue weighted by molar-refractivity contribution is -0.140. The van der Waals surface area contributed by atoms with Crippen molar-refractivity contribution >= 4 is 39.1 Å². The average Bonchev–Trinajstić information content (AvgIpc) is 3.05. The highest BCUT2D eigenvalue weighted by molar-refractivity contribution is 7.92. The first-order valence-electron chi connectivity index (χ1n) is 15.5. The molecule has 46 heavy (non-hydrogen) atoms. The van der Waals surface area contributed by atoms with Crippen molar-refractivity contribution in [1.29, 1.82) is 0 Å². The first-order valence-corrected chi connectivity index (χ1v) is 17.3. The molecule has 4 aromatic rings. The van der Waals surface area contributed by atoms with Gasteiger partial charge in [0.25, 0.3) is 10.0 Å². The molecule has 7 nitrogen and oxygen atoms in total. The van der Waals surface area contributed by atoms with Crippen molar-refractivity contribution in [1.82, 2.24) is 10.2 Å². The van der Waals surface area contributed by atoms with Crippen LogP contribution in [0.5, 0.6) is 0 Å². The van der Waals surface area contributed by atoms with E-state index in [0.717, 1.165) is 22.3 Å². The van der Waals surface area contributed by atoms with Crippen LogP contribution in [0.4, 0.5) is 5.69 Å². The summed E-state index contributed by atoms with van der Waals surface area (Å²) < 4.78 is 29.8. The molecule has 0 radical (unpaired) electrons. The maximum Gasteiger partial charge on any atom is 0.264 e. The van der Waals surface area contributed by atoms with E-state index >= 15 is 0 Å². The minimum Gasteiger partial charge on any atom is -0.354 e. The predicted molar refractivity (Wildman–Crippen MR) is 185 cm³/mol. The summed E-state index contributed by atoms with van der Waals surface area (Å²) in [6, 6.07) is 29.5. The molecule has 9 heteroatoms. The molecule has 0 bridgehead atoms. The van der Waals surface area contributed by atoms with E-state index in [1.54, 1.807) is 60.7 Å². The minimum absolute atomic E-state index is 0.0798. The van der Waals surface area contributed by atoms with Crippen molar-refractivity contribution in [2.45, 2.75) is 58.0 Å². The lowest BCUT2D eigenvalue weighted by atomic mass is 10.0. The van der Waals surface area contributed by atoms with Crippen LogP contribution in [0.2, 0.25) is 5.02 Å². The number of hydrogen-bond donors (Lipinski definition) is 1. The standard InChI is InChI=1S/C37H42ClN3O4S/c1-5-31-13-9-10-14-34(31)41(46(44,45)33-21-15-28(4)16-22-33)26-36(42)40(25-30-17-19-32(38)20-18-30)35(37(43)39-24-27(2)3)23-29-11-7-6-8-12-29/h6-22,27,35H,5,23-26H2,1-4H3,(H,39,43). The summed E-state index contributed by atoms with van der Waals surface area (Å²) in [5.74, 6) is -0.610. The highest BCUT2D eigenvalue weighted by Gasteiger charge is 2.35. The molecule has 0 saturated carbocycles. The number of nitrogens with one attached hydrogen (secondary N) is 1. The number of benzene rings is 4. The summed E-state index contributed by atoms with van der Waals surface area (Å²) in [5, 5.41) is 3.56. The Morgan fingerprint density at radius 3 is 2.09 bits per heavy atom. The van der Waals surface area contributed by atoms with Gasteiger partial charge in [-0.05, 0) is 66.3 Å². The van der Waals surface area contributed by atoms with Crippen LogP contribution in [0.15, 0.2) is 108 Å². The molecule has 0 fully saturated rings. The average molecular weight is 660 g/mol. The number of rotatable bonds is 14. The number of carbonyl (C=O) groups excluding carboxylic acids is 2. The molecule has 0 saturated heterocycles. The largest absolute Gasteiger partial charge is 0.354 e. The number of carbonyl (C=O) groups is 2. The molecule has 0 spiro atoms. The number of aryl methyl sites for hydroxylation is 2. The Kier molecular flexibility index (Phi) is 12.0. The first-order chi connectivity index (χ1) is 22.0. The Morgan fingerprint density at radius 2 is 1.46 bits per heavy atom. The Balaban J connectivity index is 1.82. The third-order valence-electron chi connectivity index (χ3n) is 7.75. The molecule has 0 aliphatic heterocycles. The monoisotopic (exact) mass is 659 g/mol. The second-order valence-electron chi connectivity index (χ2n) is 11.8. The predicted octanol–water partition coefficient (Wildman–Crippen LogP) is 6.82. The molecule has 0 aliphatic rings. The zero-order valence-electron chi connectivity index (χ0n) is 26.8. The lowest BCUT2D eigenvalue weighted by Gasteiger charge is -2.34. The van der Waals surface area contributed by atoms with Gasteiger partial charge in [-0.3, -0.25) is 13.9 Å². The molecule has 0 heterocycles. The van der Waals surface area contributed by atoms with Crippen LogP contribution >= 0.6 is 11.6 Å². The fourth-order valence-corrected chi connectivity index (χ4v) is 6.74. The van der Waals surface area contributed by atoms with Gasteiger partial charge in [0.2, 0.25) is 11.8 Å². The number of nitrogens with zero attached hydrogens (tertiary/aromatic N) is 2. The van der Waals surface area contributed by atoms with Crippen molar-refractivity contribution in [3.05, 3.63) is 130 Å². The lowest BCUT2D eigenvalue weighted by Crippen LogP contribution is -2.53. The van der Waals surface area contributed by atoms with Crippen molar-refractivity contribution in [2.75, 3.05) is 17.4 Å². The molecule has 1 N–H and O–H groups in total. The third kappa shape index (κ3) is 8.98. The summed E-state index contributed by atoms with van der Waals surface area (Å²) in [7, 11) is -4.17. The van der Waals surface area contributed by atoms with Crippen molar-refractivity contribution < 1.29 is 18.0 Å². The molecular weight excluding hydrogens is 618 g/mol.